The van der Waals surface area contributed by atoms with Crippen LogP contribution in [0.5, 0.6) is 17.4 Å². The second-order valence-corrected chi connectivity index (χ2v) is 7.00. The number of aromatic amines is 1. The lowest BCUT2D eigenvalue weighted by atomic mass is 10.1. The number of amides is 1. The number of aryl methyl sites for hydroxylation is 1. The number of hydrogen-bond donors (Lipinski definition) is 2. The Kier molecular flexibility index (Phi) is 5.54. The predicted molar refractivity (Wildman–Crippen MR) is 117 cm³/mol. The number of methoxy groups -OCH3 is 1. The summed E-state index contributed by atoms with van der Waals surface area (Å²) in [6.07, 6.45) is 3.63. The topological polar surface area (TPSA) is 100 Å². The first-order valence-electron chi connectivity index (χ1n) is 9.65. The molecule has 4 aromatic rings. The number of carbonyl (C=O) groups is 1. The molecule has 0 bridgehead atoms. The van der Waals surface area contributed by atoms with Gasteiger partial charge in [-0.15, -0.1) is 0 Å². The van der Waals surface area contributed by atoms with Gasteiger partial charge in [0, 0.05) is 29.0 Å². The number of ether oxygens (including phenoxy) is 2. The van der Waals surface area contributed by atoms with Crippen LogP contribution < -0.4 is 14.8 Å². The van der Waals surface area contributed by atoms with Crippen molar-refractivity contribution in [3.05, 3.63) is 77.6 Å². The van der Waals surface area contributed by atoms with E-state index < -0.39 is 0 Å². The number of nitriles is 1. The monoisotopic (exact) mass is 412 g/mol. The van der Waals surface area contributed by atoms with Gasteiger partial charge in [-0.2, -0.15) is 5.26 Å². The minimum atomic E-state index is -0.128. The van der Waals surface area contributed by atoms with Gasteiger partial charge in [-0.3, -0.25) is 4.79 Å². The van der Waals surface area contributed by atoms with Gasteiger partial charge in [-0.05, 0) is 66.6 Å². The average Bonchev–Trinajstić information content (AvgIpc) is 3.17. The smallest absolute Gasteiger partial charge is 0.237 e. The van der Waals surface area contributed by atoms with Gasteiger partial charge in [-0.25, -0.2) is 4.98 Å². The third kappa shape index (κ3) is 4.33. The fourth-order valence-electron chi connectivity index (χ4n) is 3.31. The molecule has 0 spiro atoms. The quantitative estimate of drug-likeness (QED) is 0.477. The average molecular weight is 412 g/mol. The normalized spacial score (nSPS) is 10.5. The van der Waals surface area contributed by atoms with Gasteiger partial charge in [0.2, 0.25) is 11.8 Å². The van der Waals surface area contributed by atoms with Crippen LogP contribution in [0.2, 0.25) is 0 Å². The second kappa shape index (κ2) is 8.59. The molecule has 2 N–H and O–H groups in total. The Balaban J connectivity index is 1.47. The number of hydrogen-bond acceptors (Lipinski definition) is 5. The lowest BCUT2D eigenvalue weighted by Gasteiger charge is -2.11. The van der Waals surface area contributed by atoms with Crippen LogP contribution in [0.1, 0.15) is 16.7 Å². The van der Waals surface area contributed by atoms with Crippen LogP contribution in [0.25, 0.3) is 10.9 Å². The molecule has 0 saturated carbocycles. The molecule has 0 aliphatic carbocycles. The number of nitrogens with one attached hydrogen (secondary N) is 2. The molecule has 0 atom stereocenters. The lowest BCUT2D eigenvalue weighted by molar-refractivity contribution is -0.115. The maximum absolute atomic E-state index is 12.7. The zero-order valence-electron chi connectivity index (χ0n) is 17.1. The summed E-state index contributed by atoms with van der Waals surface area (Å²) < 4.78 is 11.0. The SMILES string of the molecule is COc1ccc2[nH]cc(CC(=O)Nc3ccc(Oc4ncccc4C#N)cc3C)c2c1. The van der Waals surface area contributed by atoms with Gasteiger partial charge in [0.25, 0.3) is 0 Å². The van der Waals surface area contributed by atoms with Crippen molar-refractivity contribution in [1.29, 1.82) is 5.26 Å². The highest BCUT2D eigenvalue weighted by Crippen LogP contribution is 2.28. The Morgan fingerprint density at radius 3 is 2.81 bits per heavy atom. The molecule has 31 heavy (non-hydrogen) atoms. The van der Waals surface area contributed by atoms with Crippen molar-refractivity contribution in [2.45, 2.75) is 13.3 Å². The maximum atomic E-state index is 12.7. The van der Waals surface area contributed by atoms with Crippen LogP contribution in [-0.4, -0.2) is 23.0 Å². The van der Waals surface area contributed by atoms with Crippen LogP contribution in [0, 0.1) is 18.3 Å². The fourth-order valence-corrected chi connectivity index (χ4v) is 3.31. The van der Waals surface area contributed by atoms with Gasteiger partial charge in [0.15, 0.2) is 0 Å². The standard InChI is InChI=1S/C24H20N4O3/c1-15-10-19(31-24-16(13-25)4-3-9-26-24)6-7-21(15)28-23(29)11-17-14-27-22-8-5-18(30-2)12-20(17)22/h3-10,12,14,27H,11H2,1-2H3,(H,28,29). The van der Waals surface area contributed by atoms with E-state index in [9.17, 15) is 4.79 Å². The number of fused-ring (bicyclic) bond motifs is 1. The highest BCUT2D eigenvalue weighted by atomic mass is 16.5. The second-order valence-electron chi connectivity index (χ2n) is 7.00. The number of rotatable bonds is 6. The van der Waals surface area contributed by atoms with Crippen LogP contribution >= 0.6 is 0 Å². The maximum Gasteiger partial charge on any atom is 0.237 e. The molecule has 4 rings (SSSR count). The minimum Gasteiger partial charge on any atom is -0.497 e. The third-order valence-electron chi connectivity index (χ3n) is 4.90. The predicted octanol–water partition coefficient (Wildman–Crippen LogP) is 4.73. The van der Waals surface area contributed by atoms with E-state index in [0.717, 1.165) is 27.8 Å². The van der Waals surface area contributed by atoms with Crippen molar-refractivity contribution in [1.82, 2.24) is 9.97 Å². The summed E-state index contributed by atoms with van der Waals surface area (Å²) in [6.45, 7) is 1.88. The summed E-state index contributed by atoms with van der Waals surface area (Å²) in [4.78, 5) is 19.9. The van der Waals surface area contributed by atoms with Gasteiger partial charge < -0.3 is 19.8 Å². The van der Waals surface area contributed by atoms with Crippen molar-refractivity contribution in [3.63, 3.8) is 0 Å². The molecular weight excluding hydrogens is 392 g/mol. The number of nitrogens with zero attached hydrogens (tertiary/aromatic N) is 2. The molecule has 0 unspecified atom stereocenters. The number of pyridine rings is 1. The molecule has 2 aromatic heterocycles. The van der Waals surface area contributed by atoms with Crippen LogP contribution in [-0.2, 0) is 11.2 Å². The number of H-pyrrole nitrogens is 1. The van der Waals surface area contributed by atoms with Crippen LogP contribution in [0.15, 0.2) is 60.9 Å². The molecule has 1 amide bonds. The van der Waals surface area contributed by atoms with E-state index in [1.807, 2.05) is 31.3 Å². The third-order valence-corrected chi connectivity index (χ3v) is 4.90. The van der Waals surface area contributed by atoms with E-state index in [1.54, 1.807) is 43.6 Å². The van der Waals surface area contributed by atoms with Crippen molar-refractivity contribution < 1.29 is 14.3 Å². The Labute approximate surface area is 179 Å². The van der Waals surface area contributed by atoms with E-state index in [0.29, 0.717) is 17.0 Å². The summed E-state index contributed by atoms with van der Waals surface area (Å²) in [5, 5.41) is 13.1. The molecule has 7 nitrogen and oxygen atoms in total. The largest absolute Gasteiger partial charge is 0.497 e. The Morgan fingerprint density at radius 1 is 1.19 bits per heavy atom. The molecule has 7 heteroatoms. The number of benzene rings is 2. The molecule has 0 aliphatic heterocycles. The lowest BCUT2D eigenvalue weighted by Crippen LogP contribution is -2.15. The van der Waals surface area contributed by atoms with Gasteiger partial charge in [0.05, 0.1) is 13.5 Å². The van der Waals surface area contributed by atoms with E-state index in [4.69, 9.17) is 14.7 Å². The van der Waals surface area contributed by atoms with Gasteiger partial charge >= 0.3 is 0 Å². The Morgan fingerprint density at radius 2 is 2.03 bits per heavy atom. The molecular formula is C24H20N4O3. The molecule has 0 aliphatic rings. The zero-order valence-corrected chi connectivity index (χ0v) is 17.1. The summed E-state index contributed by atoms with van der Waals surface area (Å²) in [7, 11) is 1.62. The summed E-state index contributed by atoms with van der Waals surface area (Å²) in [5.74, 6) is 1.40. The minimum absolute atomic E-state index is 0.128. The zero-order chi connectivity index (χ0) is 21.8. The first kappa shape index (κ1) is 20.0. The number of anilines is 1. The number of carbonyl (C=O) groups excluding carboxylic acids is 1. The van der Waals surface area contributed by atoms with Crippen molar-refractivity contribution >= 4 is 22.5 Å². The summed E-state index contributed by atoms with van der Waals surface area (Å²) >= 11 is 0. The van der Waals surface area contributed by atoms with Gasteiger partial charge in [-0.1, -0.05) is 0 Å². The molecule has 0 radical (unpaired) electrons. The Hall–Kier alpha value is -4.31. The molecule has 2 aromatic carbocycles. The highest BCUT2D eigenvalue weighted by Gasteiger charge is 2.12. The van der Waals surface area contributed by atoms with Crippen molar-refractivity contribution in [2.24, 2.45) is 0 Å². The van der Waals surface area contributed by atoms with E-state index in [1.165, 1.54) is 0 Å². The van der Waals surface area contributed by atoms with E-state index in [2.05, 4.69) is 21.4 Å². The molecule has 2 heterocycles. The van der Waals surface area contributed by atoms with Crippen LogP contribution in [0.3, 0.4) is 0 Å². The van der Waals surface area contributed by atoms with E-state index in [-0.39, 0.29) is 18.2 Å². The summed E-state index contributed by atoms with van der Waals surface area (Å²) in [6, 6.07) is 16.4. The highest BCUT2D eigenvalue weighted by molar-refractivity contribution is 5.96. The summed E-state index contributed by atoms with van der Waals surface area (Å²) in [5.41, 5.74) is 3.72. The first-order valence-corrected chi connectivity index (χ1v) is 9.65. The van der Waals surface area contributed by atoms with Gasteiger partial charge in [0.1, 0.15) is 23.1 Å². The molecule has 0 saturated heterocycles. The Bertz CT molecular complexity index is 1300. The fraction of sp³-hybridized carbons (Fsp3) is 0.125. The van der Waals surface area contributed by atoms with Crippen LogP contribution in [0.4, 0.5) is 5.69 Å². The number of aromatic nitrogens is 2. The van der Waals surface area contributed by atoms with Crippen molar-refractivity contribution in [2.75, 3.05) is 12.4 Å². The van der Waals surface area contributed by atoms with Crippen molar-refractivity contribution in [3.8, 4) is 23.4 Å². The molecule has 154 valence electrons. The first-order chi connectivity index (χ1) is 15.1. The molecule has 0 fully saturated rings. The van der Waals surface area contributed by atoms with E-state index >= 15 is 0 Å².